The maximum atomic E-state index is 12.9. The molecule has 0 heterocycles. The number of amides is 1. The largest absolute Gasteiger partial charge is 0.478 e. The third-order valence-corrected chi connectivity index (χ3v) is 6.28. The zero-order valence-electron chi connectivity index (χ0n) is 18.2. The molecular formula is C26H20N2O6S. The van der Waals surface area contributed by atoms with Crippen LogP contribution < -0.4 is 14.8 Å². The first kappa shape index (κ1) is 23.5. The van der Waals surface area contributed by atoms with E-state index < -0.39 is 21.9 Å². The number of anilines is 2. The molecule has 0 radical (unpaired) electrons. The van der Waals surface area contributed by atoms with Crippen LogP contribution in [0.3, 0.4) is 0 Å². The monoisotopic (exact) mass is 488 g/mol. The number of hydrogen-bond donors (Lipinski definition) is 3. The number of carbonyl (C=O) groups is 2. The van der Waals surface area contributed by atoms with Crippen LogP contribution in [0, 0.1) is 0 Å². The lowest BCUT2D eigenvalue weighted by atomic mass is 10.1. The van der Waals surface area contributed by atoms with E-state index in [-0.39, 0.29) is 21.7 Å². The van der Waals surface area contributed by atoms with Gasteiger partial charge in [-0.1, -0.05) is 36.4 Å². The van der Waals surface area contributed by atoms with E-state index in [1.54, 1.807) is 42.5 Å². The fourth-order valence-electron chi connectivity index (χ4n) is 3.21. The number of carbonyl (C=O) groups excluding carboxylic acids is 1. The Hall–Kier alpha value is -4.63. The Kier molecular flexibility index (Phi) is 6.79. The van der Waals surface area contributed by atoms with E-state index >= 15 is 0 Å². The fourth-order valence-corrected chi connectivity index (χ4v) is 4.31. The Morgan fingerprint density at radius 2 is 1.40 bits per heavy atom. The van der Waals surface area contributed by atoms with Crippen molar-refractivity contribution in [1.29, 1.82) is 0 Å². The van der Waals surface area contributed by atoms with Crippen molar-refractivity contribution in [2.75, 3.05) is 10.0 Å². The Balaban J connectivity index is 1.48. The average Bonchev–Trinajstić information content (AvgIpc) is 2.86. The van der Waals surface area contributed by atoms with Crippen LogP contribution in [0.25, 0.3) is 0 Å². The van der Waals surface area contributed by atoms with Crippen molar-refractivity contribution in [1.82, 2.24) is 0 Å². The van der Waals surface area contributed by atoms with E-state index in [1.807, 2.05) is 18.2 Å². The lowest BCUT2D eigenvalue weighted by Gasteiger charge is -2.11. The molecule has 176 valence electrons. The molecule has 0 spiro atoms. The number of hydrogen-bond acceptors (Lipinski definition) is 5. The number of rotatable bonds is 8. The van der Waals surface area contributed by atoms with Crippen LogP contribution in [0.4, 0.5) is 11.4 Å². The van der Waals surface area contributed by atoms with Gasteiger partial charge in [0.25, 0.3) is 15.9 Å². The second-order valence-corrected chi connectivity index (χ2v) is 9.06. The first-order chi connectivity index (χ1) is 16.8. The average molecular weight is 489 g/mol. The first-order valence-corrected chi connectivity index (χ1v) is 11.9. The highest BCUT2D eigenvalue weighted by Gasteiger charge is 2.18. The summed E-state index contributed by atoms with van der Waals surface area (Å²) in [6.07, 6.45) is 0. The highest BCUT2D eigenvalue weighted by molar-refractivity contribution is 7.92. The molecule has 0 aromatic heterocycles. The number of ether oxygens (including phenoxy) is 1. The molecule has 0 aliphatic heterocycles. The van der Waals surface area contributed by atoms with Crippen LogP contribution in [-0.2, 0) is 10.0 Å². The summed E-state index contributed by atoms with van der Waals surface area (Å²) >= 11 is 0. The molecule has 9 heteroatoms. The van der Waals surface area contributed by atoms with Gasteiger partial charge in [0.15, 0.2) is 0 Å². The molecule has 0 atom stereocenters. The predicted octanol–water partition coefficient (Wildman–Crippen LogP) is 5.23. The van der Waals surface area contributed by atoms with Crippen molar-refractivity contribution in [3.05, 3.63) is 114 Å². The molecule has 4 aromatic carbocycles. The summed E-state index contributed by atoms with van der Waals surface area (Å²) in [5.74, 6) is -0.638. The van der Waals surface area contributed by atoms with Gasteiger partial charge in [0.2, 0.25) is 0 Å². The number of para-hydroxylation sites is 2. The number of sulfonamides is 1. The van der Waals surface area contributed by atoms with E-state index in [0.29, 0.717) is 17.2 Å². The third kappa shape index (κ3) is 5.84. The van der Waals surface area contributed by atoms with E-state index in [0.717, 1.165) is 0 Å². The van der Waals surface area contributed by atoms with Gasteiger partial charge in [-0.25, -0.2) is 13.2 Å². The van der Waals surface area contributed by atoms with Gasteiger partial charge >= 0.3 is 5.97 Å². The number of carboxylic acids is 1. The zero-order valence-corrected chi connectivity index (χ0v) is 19.0. The molecule has 3 N–H and O–H groups in total. The molecule has 0 aliphatic rings. The fraction of sp³-hybridized carbons (Fsp3) is 0. The molecule has 0 bridgehead atoms. The molecule has 1 amide bonds. The quantitative estimate of drug-likeness (QED) is 0.312. The summed E-state index contributed by atoms with van der Waals surface area (Å²) in [6.45, 7) is 0. The van der Waals surface area contributed by atoms with Crippen molar-refractivity contribution in [2.24, 2.45) is 0 Å². The van der Waals surface area contributed by atoms with Crippen LogP contribution in [0.5, 0.6) is 11.5 Å². The highest BCUT2D eigenvalue weighted by Crippen LogP contribution is 2.24. The van der Waals surface area contributed by atoms with Crippen molar-refractivity contribution in [3.63, 3.8) is 0 Å². The maximum Gasteiger partial charge on any atom is 0.337 e. The smallest absolute Gasteiger partial charge is 0.337 e. The van der Waals surface area contributed by atoms with Crippen LogP contribution in [-0.4, -0.2) is 25.4 Å². The van der Waals surface area contributed by atoms with E-state index in [1.165, 1.54) is 42.5 Å². The number of nitrogens with one attached hydrogen (secondary N) is 2. The number of benzene rings is 4. The lowest BCUT2D eigenvalue weighted by Crippen LogP contribution is -2.17. The van der Waals surface area contributed by atoms with E-state index in [4.69, 9.17) is 4.74 Å². The molecule has 8 nitrogen and oxygen atoms in total. The van der Waals surface area contributed by atoms with E-state index in [2.05, 4.69) is 10.0 Å². The minimum atomic E-state index is -4.00. The Labute approximate surface area is 201 Å². The molecule has 35 heavy (non-hydrogen) atoms. The van der Waals surface area contributed by atoms with Crippen LogP contribution in [0.1, 0.15) is 20.7 Å². The van der Waals surface area contributed by atoms with Crippen molar-refractivity contribution >= 4 is 33.3 Å². The van der Waals surface area contributed by atoms with Crippen molar-refractivity contribution in [3.8, 4) is 11.5 Å². The maximum absolute atomic E-state index is 12.9. The van der Waals surface area contributed by atoms with Gasteiger partial charge in [0.05, 0.1) is 16.1 Å². The van der Waals surface area contributed by atoms with Gasteiger partial charge in [0.1, 0.15) is 11.5 Å². The summed E-state index contributed by atoms with van der Waals surface area (Å²) in [6, 6.07) is 27.0. The van der Waals surface area contributed by atoms with E-state index in [9.17, 15) is 23.1 Å². The van der Waals surface area contributed by atoms with Crippen molar-refractivity contribution < 1.29 is 27.9 Å². The normalized spacial score (nSPS) is 10.9. The van der Waals surface area contributed by atoms with Crippen LogP contribution in [0.15, 0.2) is 108 Å². The Bertz CT molecular complexity index is 1470. The number of aromatic carboxylic acids is 1. The summed E-state index contributed by atoms with van der Waals surface area (Å²) in [7, 11) is -4.00. The summed E-state index contributed by atoms with van der Waals surface area (Å²) < 4.78 is 34.0. The molecular weight excluding hydrogens is 468 g/mol. The predicted molar refractivity (Wildman–Crippen MR) is 132 cm³/mol. The second-order valence-electron chi connectivity index (χ2n) is 7.38. The molecule has 0 saturated heterocycles. The second kappa shape index (κ2) is 10.1. The van der Waals surface area contributed by atoms with Crippen LogP contribution >= 0.6 is 0 Å². The summed E-state index contributed by atoms with van der Waals surface area (Å²) in [4.78, 5) is 23.9. The van der Waals surface area contributed by atoms with Gasteiger partial charge < -0.3 is 15.2 Å². The minimum Gasteiger partial charge on any atom is -0.478 e. The summed E-state index contributed by atoms with van der Waals surface area (Å²) in [5.41, 5.74) is 0.399. The summed E-state index contributed by atoms with van der Waals surface area (Å²) in [5, 5.41) is 11.8. The number of carboxylic acid groups (broad SMARTS) is 1. The lowest BCUT2D eigenvalue weighted by molar-refractivity contribution is 0.0698. The van der Waals surface area contributed by atoms with Gasteiger partial charge in [0, 0.05) is 11.3 Å². The van der Waals surface area contributed by atoms with Gasteiger partial charge in [-0.05, 0) is 66.7 Å². The molecule has 4 aromatic rings. The minimum absolute atomic E-state index is 0.0553. The Morgan fingerprint density at radius 1 is 0.743 bits per heavy atom. The SMILES string of the molecule is O=C(Nc1ccccc1C(=O)O)c1cccc(S(=O)(=O)Nc2ccc(Oc3ccccc3)cc2)c1. The van der Waals surface area contributed by atoms with Gasteiger partial charge in [-0.3, -0.25) is 9.52 Å². The highest BCUT2D eigenvalue weighted by atomic mass is 32.2. The van der Waals surface area contributed by atoms with Gasteiger partial charge in [-0.2, -0.15) is 0 Å². The molecule has 0 aliphatic carbocycles. The van der Waals surface area contributed by atoms with Gasteiger partial charge in [-0.15, -0.1) is 0 Å². The Morgan fingerprint density at radius 3 is 2.11 bits per heavy atom. The zero-order chi connectivity index (χ0) is 24.8. The topological polar surface area (TPSA) is 122 Å². The molecule has 4 rings (SSSR count). The third-order valence-electron chi connectivity index (χ3n) is 4.90. The molecule has 0 unspecified atom stereocenters. The molecule has 0 saturated carbocycles. The van der Waals surface area contributed by atoms with Crippen molar-refractivity contribution in [2.45, 2.75) is 4.90 Å². The van der Waals surface area contributed by atoms with Crippen LogP contribution in [0.2, 0.25) is 0 Å². The standard InChI is InChI=1S/C26H20N2O6S/c29-25(27-24-12-5-4-11-23(24)26(30)31)18-7-6-10-22(17-18)35(32,33)28-19-13-15-21(16-14-19)34-20-8-2-1-3-9-20/h1-17,28H,(H,27,29)(H,30,31). The first-order valence-electron chi connectivity index (χ1n) is 10.4. The molecule has 0 fully saturated rings.